The highest BCUT2D eigenvalue weighted by Gasteiger charge is 2.52. The number of hydrogen-bond acceptors (Lipinski definition) is 6. The summed E-state index contributed by atoms with van der Waals surface area (Å²) in [6.07, 6.45) is 3.24. The predicted octanol–water partition coefficient (Wildman–Crippen LogP) is 12.5. The van der Waals surface area contributed by atoms with Crippen molar-refractivity contribution in [1.82, 2.24) is 19.1 Å². The van der Waals surface area contributed by atoms with Gasteiger partial charge >= 0.3 is 7.12 Å². The quantitative estimate of drug-likeness (QED) is 0.163. The zero-order chi connectivity index (χ0) is 44.4. The van der Waals surface area contributed by atoms with Gasteiger partial charge in [-0.15, -0.1) is 0 Å². The first-order valence-electron chi connectivity index (χ1n) is 21.0. The minimum absolute atomic E-state index is 0.369. The zero-order valence-corrected chi connectivity index (χ0v) is 37.4. The lowest BCUT2D eigenvalue weighted by Crippen LogP contribution is -2.41. The van der Waals surface area contributed by atoms with Gasteiger partial charge in [0.25, 0.3) is 0 Å². The Hall–Kier alpha value is -7.34. The Bertz CT molecular complexity index is 3310. The van der Waals surface area contributed by atoms with Crippen molar-refractivity contribution < 1.29 is 9.31 Å². The molecule has 1 fully saturated rings. The third-order valence-electron chi connectivity index (χ3n) is 12.1. The van der Waals surface area contributed by atoms with Crippen molar-refractivity contribution in [3.8, 4) is 34.6 Å². The van der Waals surface area contributed by atoms with Gasteiger partial charge in [0.2, 0.25) is 0 Å². The second-order valence-electron chi connectivity index (χ2n) is 16.4. The number of rotatable bonds is 4. The first-order chi connectivity index (χ1) is 31.1. The Labute approximate surface area is 380 Å². The van der Waals surface area contributed by atoms with E-state index in [1.165, 1.54) is 32.6 Å². The number of halogens is 1. The van der Waals surface area contributed by atoms with Crippen LogP contribution in [0.25, 0.3) is 66.1 Å². The van der Waals surface area contributed by atoms with Crippen LogP contribution in [-0.2, 0) is 9.31 Å². The van der Waals surface area contributed by atoms with Gasteiger partial charge in [-0.25, -0.2) is 9.97 Å². The molecular weight excluding hydrogens is 855 g/mol. The molecule has 0 atom stereocenters. The molecule has 310 valence electrons. The maximum Gasteiger partial charge on any atom is 0.496 e. The van der Waals surface area contributed by atoms with Crippen LogP contribution >= 0.6 is 15.9 Å². The Morgan fingerprint density at radius 1 is 0.469 bits per heavy atom. The van der Waals surface area contributed by atoms with E-state index in [0.717, 1.165) is 43.5 Å². The van der Waals surface area contributed by atoms with Crippen LogP contribution in [0.15, 0.2) is 187 Å². The largest absolute Gasteiger partial charge is 0.496 e. The second-order valence-corrected chi connectivity index (χ2v) is 17.2. The average Bonchev–Trinajstić information content (AvgIpc) is 3.92. The van der Waals surface area contributed by atoms with Crippen molar-refractivity contribution in [3.63, 3.8) is 0 Å². The molecule has 11 rings (SSSR count). The van der Waals surface area contributed by atoms with Crippen molar-refractivity contribution in [3.05, 3.63) is 198 Å². The third-order valence-corrected chi connectivity index (χ3v) is 12.7. The number of benzene rings is 6. The number of aromatic nitrogens is 4. The van der Waals surface area contributed by atoms with Crippen LogP contribution in [0.5, 0.6) is 0 Å². The van der Waals surface area contributed by atoms with Gasteiger partial charge in [0.1, 0.15) is 17.8 Å². The van der Waals surface area contributed by atoms with Crippen LogP contribution < -0.4 is 5.46 Å². The van der Waals surface area contributed by atoms with Crippen LogP contribution in [-0.4, -0.2) is 37.4 Å². The molecule has 8 nitrogen and oxygen atoms in total. The number of fused-ring (bicyclic) bond motifs is 6. The van der Waals surface area contributed by atoms with E-state index in [1.807, 2.05) is 30.3 Å². The van der Waals surface area contributed by atoms with E-state index < -0.39 is 7.12 Å². The minimum Gasteiger partial charge on any atom is -0.399 e. The second kappa shape index (κ2) is 17.4. The van der Waals surface area contributed by atoms with E-state index in [9.17, 15) is 5.26 Å². The van der Waals surface area contributed by atoms with Gasteiger partial charge in [-0.05, 0) is 104 Å². The van der Waals surface area contributed by atoms with Crippen LogP contribution in [0.2, 0.25) is 0 Å². The van der Waals surface area contributed by atoms with Gasteiger partial charge in [-0.1, -0.05) is 109 Å². The fourth-order valence-corrected chi connectivity index (χ4v) is 8.64. The first kappa shape index (κ1) is 42.0. The fraction of sp³-hybridized carbons (Fsp3) is 0.111. The Morgan fingerprint density at radius 2 is 0.859 bits per heavy atom. The van der Waals surface area contributed by atoms with E-state index in [4.69, 9.17) is 14.6 Å². The summed E-state index contributed by atoms with van der Waals surface area (Å²) in [4.78, 5) is 8.04. The Kier molecular flexibility index (Phi) is 11.4. The summed E-state index contributed by atoms with van der Waals surface area (Å²) in [6.45, 7) is 8.37. The molecule has 0 radical (unpaired) electrons. The van der Waals surface area contributed by atoms with Crippen LogP contribution in [0.3, 0.4) is 0 Å². The Balaban J connectivity index is 0.000000136. The van der Waals surface area contributed by atoms with Crippen molar-refractivity contribution in [2.45, 2.75) is 38.9 Å². The molecule has 0 amide bonds. The molecular formula is C54H42BBrN6O2. The smallest absolute Gasteiger partial charge is 0.399 e. The lowest BCUT2D eigenvalue weighted by molar-refractivity contribution is 0.00578. The summed E-state index contributed by atoms with van der Waals surface area (Å²) < 4.78 is 18.1. The lowest BCUT2D eigenvalue weighted by atomic mass is 9.77. The summed E-state index contributed by atoms with van der Waals surface area (Å²) in [5.41, 5.74) is 9.82. The Morgan fingerprint density at radius 3 is 1.34 bits per heavy atom. The van der Waals surface area contributed by atoms with E-state index in [2.05, 4.69) is 202 Å². The maximum absolute atomic E-state index is 9.53. The van der Waals surface area contributed by atoms with Gasteiger partial charge in [0.05, 0.1) is 43.4 Å². The van der Waals surface area contributed by atoms with Gasteiger partial charge in [-0.3, -0.25) is 0 Å². The molecule has 10 aromatic rings. The van der Waals surface area contributed by atoms with E-state index >= 15 is 0 Å². The molecule has 0 saturated carbocycles. The SMILES string of the molecule is CC1(C)OB(c2ccccc2-n2c3ccccc3c3ccccc32)OC1(C)C.N#Cc1ncccc1-c1ccccc1-n1c2ccccc2c2ccccc21.N#Cc1ncccc1Br. The lowest BCUT2D eigenvalue weighted by Gasteiger charge is -2.32. The molecule has 5 heterocycles. The van der Waals surface area contributed by atoms with Gasteiger partial charge in [-0.2, -0.15) is 10.5 Å². The first-order valence-corrected chi connectivity index (χ1v) is 21.8. The van der Waals surface area contributed by atoms with Gasteiger partial charge in [0.15, 0.2) is 5.69 Å². The van der Waals surface area contributed by atoms with E-state index in [1.54, 1.807) is 24.5 Å². The number of nitrogens with zero attached hydrogens (tertiary/aromatic N) is 6. The summed E-state index contributed by atoms with van der Waals surface area (Å²) in [7, 11) is -0.402. The molecule has 1 saturated heterocycles. The fourth-order valence-electron chi connectivity index (χ4n) is 8.30. The van der Waals surface area contributed by atoms with Gasteiger partial charge < -0.3 is 18.4 Å². The monoisotopic (exact) mass is 896 g/mol. The highest BCUT2D eigenvalue weighted by Crippen LogP contribution is 2.39. The van der Waals surface area contributed by atoms with Crippen LogP contribution in [0.1, 0.15) is 39.1 Å². The predicted molar refractivity (Wildman–Crippen MR) is 262 cm³/mol. The molecule has 0 bridgehead atoms. The van der Waals surface area contributed by atoms with Crippen molar-refractivity contribution in [2.75, 3.05) is 0 Å². The topological polar surface area (TPSA) is 102 Å². The molecule has 1 aliphatic heterocycles. The highest BCUT2D eigenvalue weighted by molar-refractivity contribution is 9.10. The summed E-state index contributed by atoms with van der Waals surface area (Å²) >= 11 is 3.17. The number of para-hydroxylation sites is 6. The maximum atomic E-state index is 9.53. The van der Waals surface area contributed by atoms with Crippen molar-refractivity contribution in [1.29, 1.82) is 10.5 Å². The summed E-state index contributed by atoms with van der Waals surface area (Å²) in [6, 6.07) is 62.1. The summed E-state index contributed by atoms with van der Waals surface area (Å²) in [5, 5.41) is 22.8. The molecule has 6 aromatic carbocycles. The van der Waals surface area contributed by atoms with E-state index in [-0.39, 0.29) is 11.2 Å². The number of pyridine rings is 2. The van der Waals surface area contributed by atoms with Crippen molar-refractivity contribution in [2.24, 2.45) is 0 Å². The number of hydrogen-bond donors (Lipinski definition) is 0. The highest BCUT2D eigenvalue weighted by atomic mass is 79.9. The molecule has 0 aliphatic carbocycles. The molecule has 0 spiro atoms. The standard InChI is InChI=1S/C24H24BNO2.C24H15N3.C6H3BrN2/c1-23(2)24(3,4)28-25(27-23)19-13-7-10-16-22(19)26-20-14-8-5-11-17(20)18-12-6-9-15-21(18)26;25-16-21-17(11-7-15-26-21)18-8-1-4-12-22(18)27-23-13-5-2-9-19(23)20-10-3-6-14-24(20)27;7-5-2-1-3-9-6(5)4-8/h5-16H,1-4H3;1-15H;1-3H. The minimum atomic E-state index is -0.402. The molecule has 64 heavy (non-hydrogen) atoms. The van der Waals surface area contributed by atoms with Crippen LogP contribution in [0.4, 0.5) is 0 Å². The molecule has 4 aromatic heterocycles. The number of nitriles is 2. The zero-order valence-electron chi connectivity index (χ0n) is 35.8. The van der Waals surface area contributed by atoms with Crippen LogP contribution in [0, 0.1) is 22.7 Å². The third kappa shape index (κ3) is 7.63. The average molecular weight is 898 g/mol. The molecule has 0 unspecified atom stereocenters. The summed E-state index contributed by atoms with van der Waals surface area (Å²) in [5.74, 6) is 0. The van der Waals surface area contributed by atoms with Gasteiger partial charge in [0, 0.05) is 56.2 Å². The molecule has 0 N–H and O–H groups in total. The molecule has 10 heteroatoms. The van der Waals surface area contributed by atoms with E-state index in [0.29, 0.717) is 11.4 Å². The van der Waals surface area contributed by atoms with Crippen molar-refractivity contribution >= 4 is 72.1 Å². The molecule has 1 aliphatic rings. The normalized spacial score (nSPS) is 13.8.